The van der Waals surface area contributed by atoms with Crippen LogP contribution in [0.4, 0.5) is 5.69 Å². The van der Waals surface area contributed by atoms with Crippen LogP contribution in [0.2, 0.25) is 5.02 Å². The maximum absolute atomic E-state index is 12.2. The third-order valence-corrected chi connectivity index (χ3v) is 4.65. The summed E-state index contributed by atoms with van der Waals surface area (Å²) in [5.74, 6) is -1.50. The molecule has 4 nitrogen and oxygen atoms in total. The minimum absolute atomic E-state index is 0.0776. The fourth-order valence-electron chi connectivity index (χ4n) is 1.62. The summed E-state index contributed by atoms with van der Waals surface area (Å²) in [6, 6.07) is 9.36. The van der Waals surface area contributed by atoms with Crippen LogP contribution in [0.15, 0.2) is 45.3 Å². The molecular weight excluding hydrogens is 425 g/mol. The fourth-order valence-corrected chi connectivity index (χ4v) is 2.55. The van der Waals surface area contributed by atoms with Crippen molar-refractivity contribution in [2.45, 2.75) is 0 Å². The number of rotatable bonds is 3. The van der Waals surface area contributed by atoms with Gasteiger partial charge in [-0.1, -0.05) is 17.7 Å². The molecule has 2 rings (SSSR count). The maximum atomic E-state index is 12.2. The van der Waals surface area contributed by atoms with Gasteiger partial charge in [0.15, 0.2) is 0 Å². The molecule has 0 unspecified atom stereocenters. The number of aromatic carboxylic acids is 1. The van der Waals surface area contributed by atoms with E-state index >= 15 is 0 Å². The molecule has 7 heteroatoms. The van der Waals surface area contributed by atoms with Crippen LogP contribution in [0, 0.1) is 0 Å². The van der Waals surface area contributed by atoms with E-state index in [4.69, 9.17) is 16.7 Å². The predicted molar refractivity (Wildman–Crippen MR) is 88.2 cm³/mol. The van der Waals surface area contributed by atoms with E-state index in [1.165, 1.54) is 12.1 Å². The summed E-state index contributed by atoms with van der Waals surface area (Å²) in [4.78, 5) is 23.2. The smallest absolute Gasteiger partial charge is 0.335 e. The summed E-state index contributed by atoms with van der Waals surface area (Å²) in [7, 11) is 0. The highest BCUT2D eigenvalue weighted by molar-refractivity contribution is 9.11. The lowest BCUT2D eigenvalue weighted by Gasteiger charge is -2.10. The number of carbonyl (C=O) groups excluding carboxylic acids is 1. The van der Waals surface area contributed by atoms with Gasteiger partial charge < -0.3 is 10.4 Å². The van der Waals surface area contributed by atoms with Crippen molar-refractivity contribution in [3.8, 4) is 0 Å². The number of amides is 1. The number of carboxylic acid groups (broad SMARTS) is 1. The van der Waals surface area contributed by atoms with Crippen molar-refractivity contribution in [1.82, 2.24) is 0 Å². The van der Waals surface area contributed by atoms with E-state index in [2.05, 4.69) is 37.2 Å². The second-order valence-electron chi connectivity index (χ2n) is 4.06. The third-order valence-electron chi connectivity index (χ3n) is 2.66. The highest BCUT2D eigenvalue weighted by atomic mass is 79.9. The molecule has 0 aliphatic heterocycles. The van der Waals surface area contributed by atoms with Crippen LogP contribution in [-0.2, 0) is 0 Å². The molecule has 0 saturated carbocycles. The van der Waals surface area contributed by atoms with Crippen molar-refractivity contribution in [1.29, 1.82) is 0 Å². The van der Waals surface area contributed by atoms with E-state index in [1.807, 2.05) is 0 Å². The van der Waals surface area contributed by atoms with Crippen molar-refractivity contribution >= 4 is 61.0 Å². The van der Waals surface area contributed by atoms with E-state index < -0.39 is 11.9 Å². The molecule has 2 N–H and O–H groups in total. The maximum Gasteiger partial charge on any atom is 0.335 e. The molecule has 0 radical (unpaired) electrons. The predicted octanol–water partition coefficient (Wildman–Crippen LogP) is 4.82. The number of nitrogens with one attached hydrogen (secondary N) is 1. The van der Waals surface area contributed by atoms with Crippen molar-refractivity contribution < 1.29 is 14.7 Å². The molecule has 0 saturated heterocycles. The van der Waals surface area contributed by atoms with Crippen LogP contribution in [-0.4, -0.2) is 17.0 Å². The molecule has 2 aromatic rings. The molecule has 108 valence electrons. The van der Waals surface area contributed by atoms with Gasteiger partial charge >= 0.3 is 5.97 Å². The van der Waals surface area contributed by atoms with Gasteiger partial charge in [-0.15, -0.1) is 0 Å². The topological polar surface area (TPSA) is 66.4 Å². The largest absolute Gasteiger partial charge is 0.478 e. The van der Waals surface area contributed by atoms with Crippen LogP contribution in [0.1, 0.15) is 20.7 Å². The fraction of sp³-hybridized carbons (Fsp3) is 0. The Morgan fingerprint density at radius 1 is 1.10 bits per heavy atom. The van der Waals surface area contributed by atoms with E-state index in [9.17, 15) is 9.59 Å². The zero-order valence-corrected chi connectivity index (χ0v) is 14.3. The highest BCUT2D eigenvalue weighted by Crippen LogP contribution is 2.28. The van der Waals surface area contributed by atoms with Gasteiger partial charge in [-0.05, 0) is 62.2 Å². The molecule has 1 amide bonds. The lowest BCUT2D eigenvalue weighted by atomic mass is 10.1. The molecule has 2 aromatic carbocycles. The van der Waals surface area contributed by atoms with Crippen molar-refractivity contribution in [2.24, 2.45) is 0 Å². The summed E-state index contributed by atoms with van der Waals surface area (Å²) in [6.07, 6.45) is 0. The zero-order chi connectivity index (χ0) is 15.6. The van der Waals surface area contributed by atoms with Crippen LogP contribution >= 0.6 is 43.5 Å². The van der Waals surface area contributed by atoms with Crippen LogP contribution in [0.5, 0.6) is 0 Å². The molecule has 0 atom stereocenters. The number of halogens is 3. The lowest BCUT2D eigenvalue weighted by Crippen LogP contribution is -2.13. The van der Waals surface area contributed by atoms with Crippen LogP contribution in [0.25, 0.3) is 0 Å². The average molecular weight is 433 g/mol. The summed E-state index contributed by atoms with van der Waals surface area (Å²) in [5, 5.41) is 11.9. The molecular formula is C14H8Br2ClNO3. The minimum atomic E-state index is -1.07. The first-order chi connectivity index (χ1) is 9.90. The molecule has 0 aromatic heterocycles. The number of anilines is 1. The first-order valence-corrected chi connectivity index (χ1v) is 7.64. The van der Waals surface area contributed by atoms with Crippen molar-refractivity contribution in [2.75, 3.05) is 5.32 Å². The van der Waals surface area contributed by atoms with Gasteiger partial charge in [-0.2, -0.15) is 0 Å². The second kappa shape index (κ2) is 6.60. The van der Waals surface area contributed by atoms with Gasteiger partial charge in [-0.25, -0.2) is 4.79 Å². The van der Waals surface area contributed by atoms with Crippen LogP contribution in [0.3, 0.4) is 0 Å². The van der Waals surface area contributed by atoms with Gasteiger partial charge in [0.1, 0.15) is 0 Å². The monoisotopic (exact) mass is 431 g/mol. The van der Waals surface area contributed by atoms with E-state index in [0.717, 1.165) is 0 Å². The van der Waals surface area contributed by atoms with E-state index in [-0.39, 0.29) is 5.56 Å². The summed E-state index contributed by atoms with van der Waals surface area (Å²) >= 11 is 12.6. The molecule has 0 bridgehead atoms. The Labute approximate surface area is 142 Å². The van der Waals surface area contributed by atoms with E-state index in [0.29, 0.717) is 25.2 Å². The quantitative estimate of drug-likeness (QED) is 0.730. The summed E-state index contributed by atoms with van der Waals surface area (Å²) in [5.41, 5.74) is 0.725. The number of benzene rings is 2. The standard InChI is InChI=1S/C14H8Br2ClNO3/c15-9-5-4-7(14(20)21)6-11(9)18-13(19)8-2-1-3-10(16)12(8)17/h1-6H,(H,18,19)(H,20,21). The van der Waals surface area contributed by atoms with Crippen molar-refractivity contribution in [3.05, 3.63) is 61.5 Å². The molecule has 0 heterocycles. The Morgan fingerprint density at radius 2 is 1.81 bits per heavy atom. The molecule has 0 aliphatic carbocycles. The highest BCUT2D eigenvalue weighted by Gasteiger charge is 2.15. The zero-order valence-electron chi connectivity index (χ0n) is 10.4. The van der Waals surface area contributed by atoms with Gasteiger partial charge in [0.05, 0.1) is 21.8 Å². The Kier molecular flexibility index (Phi) is 5.03. The normalized spacial score (nSPS) is 10.2. The SMILES string of the molecule is O=C(O)c1ccc(Br)c(NC(=O)c2cccc(Br)c2Cl)c1. The van der Waals surface area contributed by atoms with Crippen molar-refractivity contribution in [3.63, 3.8) is 0 Å². The third kappa shape index (κ3) is 3.64. The number of hydrogen-bond donors (Lipinski definition) is 2. The number of hydrogen-bond acceptors (Lipinski definition) is 2. The lowest BCUT2D eigenvalue weighted by molar-refractivity contribution is 0.0696. The molecule has 0 aliphatic rings. The van der Waals surface area contributed by atoms with E-state index in [1.54, 1.807) is 24.3 Å². The van der Waals surface area contributed by atoms with Gasteiger partial charge in [0.25, 0.3) is 5.91 Å². The average Bonchev–Trinajstić information content (AvgIpc) is 2.43. The van der Waals surface area contributed by atoms with Gasteiger partial charge in [0, 0.05) is 8.95 Å². The Bertz CT molecular complexity index is 734. The Morgan fingerprint density at radius 3 is 2.48 bits per heavy atom. The molecule has 0 spiro atoms. The van der Waals surface area contributed by atoms with Gasteiger partial charge in [0.2, 0.25) is 0 Å². The minimum Gasteiger partial charge on any atom is -0.478 e. The number of carboxylic acids is 1. The summed E-state index contributed by atoms with van der Waals surface area (Å²) in [6.45, 7) is 0. The molecule has 21 heavy (non-hydrogen) atoms. The first-order valence-electron chi connectivity index (χ1n) is 5.68. The first kappa shape index (κ1) is 16.0. The molecule has 0 fully saturated rings. The van der Waals surface area contributed by atoms with Crippen LogP contribution < -0.4 is 5.32 Å². The summed E-state index contributed by atoms with van der Waals surface area (Å²) < 4.78 is 1.18. The Balaban J connectivity index is 2.33. The second-order valence-corrected chi connectivity index (χ2v) is 6.14. The van der Waals surface area contributed by atoms with Gasteiger partial charge in [-0.3, -0.25) is 4.79 Å². The number of carbonyl (C=O) groups is 2. The Hall–Kier alpha value is -1.37.